The van der Waals surface area contributed by atoms with Crippen LogP contribution in [0.15, 0.2) is 22.7 Å². The van der Waals surface area contributed by atoms with Crippen molar-refractivity contribution >= 4 is 44.9 Å². The summed E-state index contributed by atoms with van der Waals surface area (Å²) in [5.41, 5.74) is 12.2. The molecule has 1 aromatic rings. The smallest absolute Gasteiger partial charge is 0.312 e. The number of halogens is 1. The van der Waals surface area contributed by atoms with E-state index in [4.69, 9.17) is 23.7 Å². The van der Waals surface area contributed by atoms with Gasteiger partial charge in [-0.1, -0.05) is 18.3 Å². The number of nitrogens with two attached hydrogens (primary N) is 2. The van der Waals surface area contributed by atoms with Gasteiger partial charge in [0.1, 0.15) is 4.99 Å². The fraction of sp³-hybridized carbons (Fsp3) is 0.200. The molecule has 0 saturated carbocycles. The summed E-state index contributed by atoms with van der Waals surface area (Å²) in [5, 5.41) is 5.60. The standard InChI is InChI=1S/C10H13BrN4OS/c11-6-2-1-3-7(8(6)9(12)17)14-4-5-15-10(13)16/h1-3,14H,4-5H2,(H2,12,17)(H3,13,15,16). The van der Waals surface area contributed by atoms with E-state index in [0.29, 0.717) is 18.1 Å². The number of benzene rings is 1. The normalized spacial score (nSPS) is 9.71. The lowest BCUT2D eigenvalue weighted by Crippen LogP contribution is -2.33. The van der Waals surface area contributed by atoms with E-state index in [1.54, 1.807) is 0 Å². The number of thiocarbonyl (C=S) groups is 1. The number of primary amides is 1. The summed E-state index contributed by atoms with van der Waals surface area (Å²) in [6, 6.07) is 5.05. The summed E-state index contributed by atoms with van der Waals surface area (Å²) in [4.78, 5) is 10.8. The van der Waals surface area contributed by atoms with E-state index < -0.39 is 6.03 Å². The zero-order valence-corrected chi connectivity index (χ0v) is 11.4. The molecule has 5 nitrogen and oxygen atoms in total. The molecule has 0 aliphatic carbocycles. The number of carbonyl (C=O) groups excluding carboxylic acids is 1. The summed E-state index contributed by atoms with van der Waals surface area (Å²) in [6.07, 6.45) is 0. The van der Waals surface area contributed by atoms with Crippen molar-refractivity contribution in [2.75, 3.05) is 18.4 Å². The van der Waals surface area contributed by atoms with E-state index in [1.165, 1.54) is 0 Å². The number of anilines is 1. The molecule has 0 atom stereocenters. The second-order valence-electron chi connectivity index (χ2n) is 3.24. The molecule has 17 heavy (non-hydrogen) atoms. The van der Waals surface area contributed by atoms with Crippen LogP contribution < -0.4 is 22.1 Å². The number of hydrogen-bond donors (Lipinski definition) is 4. The van der Waals surface area contributed by atoms with Gasteiger partial charge >= 0.3 is 6.03 Å². The van der Waals surface area contributed by atoms with Crippen molar-refractivity contribution in [1.82, 2.24) is 5.32 Å². The monoisotopic (exact) mass is 316 g/mol. The van der Waals surface area contributed by atoms with E-state index in [1.807, 2.05) is 18.2 Å². The van der Waals surface area contributed by atoms with Crippen molar-refractivity contribution in [3.8, 4) is 0 Å². The lowest BCUT2D eigenvalue weighted by Gasteiger charge is -2.12. The quantitative estimate of drug-likeness (QED) is 0.484. The Morgan fingerprint density at radius 3 is 2.65 bits per heavy atom. The van der Waals surface area contributed by atoms with Crippen molar-refractivity contribution in [2.24, 2.45) is 11.5 Å². The number of amides is 2. The minimum Gasteiger partial charge on any atom is -0.389 e. The van der Waals surface area contributed by atoms with Gasteiger partial charge in [-0.3, -0.25) is 0 Å². The SMILES string of the molecule is NC(=O)NCCNc1cccc(Br)c1C(N)=S. The molecule has 0 saturated heterocycles. The molecule has 6 N–H and O–H groups in total. The minimum absolute atomic E-state index is 0.308. The fourth-order valence-electron chi connectivity index (χ4n) is 1.30. The highest BCUT2D eigenvalue weighted by Crippen LogP contribution is 2.24. The average Bonchev–Trinajstić information content (AvgIpc) is 2.23. The number of hydrogen-bond acceptors (Lipinski definition) is 3. The Hall–Kier alpha value is -1.34. The number of urea groups is 1. The molecule has 0 spiro atoms. The van der Waals surface area contributed by atoms with Crippen LogP contribution in [0.3, 0.4) is 0 Å². The second-order valence-corrected chi connectivity index (χ2v) is 4.54. The Labute approximate surface area is 113 Å². The molecule has 0 aliphatic heterocycles. The summed E-state index contributed by atoms with van der Waals surface area (Å²) in [6.45, 7) is 0.966. The number of carbonyl (C=O) groups is 1. The Bertz CT molecular complexity index is 438. The predicted octanol–water partition coefficient (Wildman–Crippen LogP) is 1.16. The molecule has 0 aliphatic rings. The Morgan fingerprint density at radius 1 is 1.35 bits per heavy atom. The summed E-state index contributed by atoms with van der Waals surface area (Å²) in [5.74, 6) is 0. The number of rotatable bonds is 5. The molecule has 0 fully saturated rings. The van der Waals surface area contributed by atoms with Crippen LogP contribution >= 0.6 is 28.1 Å². The third kappa shape index (κ3) is 4.20. The molecule has 92 valence electrons. The van der Waals surface area contributed by atoms with Crippen LogP contribution in [0, 0.1) is 0 Å². The summed E-state index contributed by atoms with van der Waals surface area (Å²) < 4.78 is 0.831. The van der Waals surface area contributed by atoms with Crippen molar-refractivity contribution < 1.29 is 4.79 Å². The van der Waals surface area contributed by atoms with Crippen molar-refractivity contribution in [2.45, 2.75) is 0 Å². The van der Waals surface area contributed by atoms with Crippen LogP contribution in [0.25, 0.3) is 0 Å². The first-order valence-electron chi connectivity index (χ1n) is 4.88. The first kappa shape index (κ1) is 13.7. The minimum atomic E-state index is -0.546. The van der Waals surface area contributed by atoms with Gasteiger partial charge in [-0.25, -0.2) is 4.79 Å². The molecule has 2 amide bonds. The van der Waals surface area contributed by atoms with Crippen LogP contribution in [-0.4, -0.2) is 24.1 Å². The molecule has 0 radical (unpaired) electrons. The van der Waals surface area contributed by atoms with Gasteiger partial charge < -0.3 is 22.1 Å². The van der Waals surface area contributed by atoms with E-state index in [9.17, 15) is 4.79 Å². The van der Waals surface area contributed by atoms with Gasteiger partial charge in [-0.15, -0.1) is 0 Å². The predicted molar refractivity (Wildman–Crippen MR) is 76.1 cm³/mol. The molecular formula is C10H13BrN4OS. The number of nitrogens with one attached hydrogen (secondary N) is 2. The Kier molecular flexibility index (Phi) is 5.17. The second kappa shape index (κ2) is 6.41. The topological polar surface area (TPSA) is 93.2 Å². The van der Waals surface area contributed by atoms with Gasteiger partial charge in [0.2, 0.25) is 0 Å². The molecule has 1 aromatic carbocycles. The first-order chi connectivity index (χ1) is 8.02. The molecule has 7 heteroatoms. The van der Waals surface area contributed by atoms with E-state index >= 15 is 0 Å². The van der Waals surface area contributed by atoms with Crippen LogP contribution in [0.4, 0.5) is 10.5 Å². The van der Waals surface area contributed by atoms with Gasteiger partial charge in [0.05, 0.1) is 0 Å². The molecule has 0 aromatic heterocycles. The van der Waals surface area contributed by atoms with Crippen LogP contribution in [0.5, 0.6) is 0 Å². The van der Waals surface area contributed by atoms with Gasteiger partial charge in [0, 0.05) is 28.8 Å². The molecule has 0 unspecified atom stereocenters. The largest absolute Gasteiger partial charge is 0.389 e. The lowest BCUT2D eigenvalue weighted by atomic mass is 10.2. The molecule has 0 heterocycles. The first-order valence-corrected chi connectivity index (χ1v) is 6.08. The van der Waals surface area contributed by atoms with Crippen molar-refractivity contribution in [3.05, 3.63) is 28.2 Å². The highest BCUT2D eigenvalue weighted by molar-refractivity contribution is 9.10. The van der Waals surface area contributed by atoms with Gasteiger partial charge in [0.15, 0.2) is 0 Å². The van der Waals surface area contributed by atoms with Gasteiger partial charge in [-0.05, 0) is 28.1 Å². The third-order valence-corrected chi connectivity index (χ3v) is 2.86. The maximum atomic E-state index is 10.5. The van der Waals surface area contributed by atoms with Crippen LogP contribution in [0.1, 0.15) is 5.56 Å². The summed E-state index contributed by atoms with van der Waals surface area (Å²) in [7, 11) is 0. The van der Waals surface area contributed by atoms with E-state index in [2.05, 4.69) is 26.6 Å². The zero-order valence-electron chi connectivity index (χ0n) is 9.00. The maximum absolute atomic E-state index is 10.5. The lowest BCUT2D eigenvalue weighted by molar-refractivity contribution is 0.249. The third-order valence-electron chi connectivity index (χ3n) is 2.00. The van der Waals surface area contributed by atoms with E-state index in [-0.39, 0.29) is 0 Å². The van der Waals surface area contributed by atoms with Gasteiger partial charge in [0.25, 0.3) is 0 Å². The average molecular weight is 317 g/mol. The van der Waals surface area contributed by atoms with Crippen LogP contribution in [0.2, 0.25) is 0 Å². The van der Waals surface area contributed by atoms with Crippen LogP contribution in [-0.2, 0) is 0 Å². The molecule has 1 rings (SSSR count). The zero-order chi connectivity index (χ0) is 12.8. The summed E-state index contributed by atoms with van der Waals surface area (Å²) >= 11 is 8.36. The van der Waals surface area contributed by atoms with Gasteiger partial charge in [-0.2, -0.15) is 0 Å². The molecular weight excluding hydrogens is 304 g/mol. The van der Waals surface area contributed by atoms with E-state index in [0.717, 1.165) is 15.7 Å². The Balaban J connectivity index is 2.67. The van der Waals surface area contributed by atoms with Crippen molar-refractivity contribution in [3.63, 3.8) is 0 Å². The fourth-order valence-corrected chi connectivity index (χ4v) is 2.24. The Morgan fingerprint density at radius 2 is 2.06 bits per heavy atom. The van der Waals surface area contributed by atoms with Crippen molar-refractivity contribution in [1.29, 1.82) is 0 Å². The molecule has 0 bridgehead atoms. The maximum Gasteiger partial charge on any atom is 0.312 e. The highest BCUT2D eigenvalue weighted by atomic mass is 79.9. The highest BCUT2D eigenvalue weighted by Gasteiger charge is 2.08.